The molecule has 2 aliphatic rings. The van der Waals surface area contributed by atoms with E-state index in [0.717, 1.165) is 36.3 Å². The SMILES string of the molecule is Cc1nc2c(c(=O)n1C)CN(C(=O)c1ccccc1C1CCNC1)C2. The van der Waals surface area contributed by atoms with E-state index < -0.39 is 0 Å². The van der Waals surface area contributed by atoms with Gasteiger partial charge in [-0.2, -0.15) is 0 Å². The fourth-order valence-electron chi connectivity index (χ4n) is 3.81. The van der Waals surface area contributed by atoms with Gasteiger partial charge in [0.05, 0.1) is 24.3 Å². The molecule has 1 N–H and O–H groups in total. The zero-order valence-electron chi connectivity index (χ0n) is 14.6. The summed E-state index contributed by atoms with van der Waals surface area (Å²) in [6.07, 6.45) is 1.05. The first-order valence-electron chi connectivity index (χ1n) is 8.70. The smallest absolute Gasteiger partial charge is 0.258 e. The normalized spacial score (nSPS) is 19.3. The second-order valence-corrected chi connectivity index (χ2v) is 6.89. The van der Waals surface area contributed by atoms with Gasteiger partial charge >= 0.3 is 0 Å². The van der Waals surface area contributed by atoms with Crippen molar-refractivity contribution in [3.05, 3.63) is 62.8 Å². The van der Waals surface area contributed by atoms with E-state index in [0.29, 0.717) is 30.4 Å². The van der Waals surface area contributed by atoms with Crippen LogP contribution in [0.1, 0.15) is 45.3 Å². The highest BCUT2D eigenvalue weighted by Crippen LogP contribution is 2.28. The highest BCUT2D eigenvalue weighted by atomic mass is 16.2. The summed E-state index contributed by atoms with van der Waals surface area (Å²) >= 11 is 0. The highest BCUT2D eigenvalue weighted by Gasteiger charge is 2.31. The van der Waals surface area contributed by atoms with E-state index >= 15 is 0 Å². The standard InChI is InChI=1S/C19H22N4O2/c1-12-21-17-11-23(10-16(17)18(24)22(12)2)19(25)15-6-4-3-5-14(15)13-7-8-20-9-13/h3-6,13,20H,7-11H2,1-2H3. The number of hydrogen-bond acceptors (Lipinski definition) is 4. The predicted octanol–water partition coefficient (Wildman–Crippen LogP) is 1.32. The van der Waals surface area contributed by atoms with Gasteiger partial charge in [-0.25, -0.2) is 4.98 Å². The molecule has 0 spiro atoms. The molecule has 2 aromatic rings. The van der Waals surface area contributed by atoms with E-state index in [4.69, 9.17) is 0 Å². The molecule has 1 atom stereocenters. The van der Waals surface area contributed by atoms with Gasteiger partial charge in [0.15, 0.2) is 0 Å². The molecule has 1 aromatic carbocycles. The number of hydrogen-bond donors (Lipinski definition) is 1. The Morgan fingerprint density at radius 1 is 1.28 bits per heavy atom. The fourth-order valence-corrected chi connectivity index (χ4v) is 3.81. The van der Waals surface area contributed by atoms with Crippen LogP contribution in [0.2, 0.25) is 0 Å². The lowest BCUT2D eigenvalue weighted by Crippen LogP contribution is -2.28. The molecule has 0 radical (unpaired) electrons. The molecule has 0 bridgehead atoms. The Kier molecular flexibility index (Phi) is 3.92. The summed E-state index contributed by atoms with van der Waals surface area (Å²) in [5.74, 6) is 1.04. The molecular formula is C19H22N4O2. The van der Waals surface area contributed by atoms with Crippen molar-refractivity contribution < 1.29 is 4.79 Å². The minimum atomic E-state index is -0.0499. The van der Waals surface area contributed by atoms with Gasteiger partial charge in [-0.05, 0) is 37.4 Å². The number of benzene rings is 1. The fraction of sp³-hybridized carbons (Fsp3) is 0.421. The third-order valence-corrected chi connectivity index (χ3v) is 5.36. The number of amides is 1. The number of nitrogens with zero attached hydrogens (tertiary/aromatic N) is 3. The Morgan fingerprint density at radius 2 is 2.08 bits per heavy atom. The number of rotatable bonds is 2. The van der Waals surface area contributed by atoms with E-state index in [9.17, 15) is 9.59 Å². The van der Waals surface area contributed by atoms with Crippen molar-refractivity contribution in [3.63, 3.8) is 0 Å². The Balaban J connectivity index is 1.65. The lowest BCUT2D eigenvalue weighted by Gasteiger charge is -2.19. The highest BCUT2D eigenvalue weighted by molar-refractivity contribution is 5.96. The summed E-state index contributed by atoms with van der Waals surface area (Å²) in [5, 5.41) is 3.36. The lowest BCUT2D eigenvalue weighted by atomic mass is 9.93. The van der Waals surface area contributed by atoms with Crippen LogP contribution in [0, 0.1) is 6.92 Å². The molecule has 1 unspecified atom stereocenters. The third-order valence-electron chi connectivity index (χ3n) is 5.36. The zero-order chi connectivity index (χ0) is 17.6. The van der Waals surface area contributed by atoms with E-state index in [-0.39, 0.29) is 11.5 Å². The van der Waals surface area contributed by atoms with Crippen molar-refractivity contribution in [1.29, 1.82) is 0 Å². The van der Waals surface area contributed by atoms with E-state index in [2.05, 4.69) is 16.4 Å². The van der Waals surface area contributed by atoms with Crippen LogP contribution in [0.15, 0.2) is 29.1 Å². The molecule has 0 aliphatic carbocycles. The number of carbonyl (C=O) groups is 1. The van der Waals surface area contributed by atoms with Crippen molar-refractivity contribution in [2.45, 2.75) is 32.4 Å². The summed E-state index contributed by atoms with van der Waals surface area (Å²) in [4.78, 5) is 31.8. The summed E-state index contributed by atoms with van der Waals surface area (Å²) in [6.45, 7) is 4.45. The number of carbonyl (C=O) groups excluding carboxylic acids is 1. The van der Waals surface area contributed by atoms with Crippen molar-refractivity contribution in [2.24, 2.45) is 7.05 Å². The van der Waals surface area contributed by atoms with E-state index in [1.54, 1.807) is 16.5 Å². The maximum Gasteiger partial charge on any atom is 0.258 e. The molecule has 1 saturated heterocycles. The third kappa shape index (κ3) is 2.66. The average molecular weight is 338 g/mol. The van der Waals surface area contributed by atoms with Crippen LogP contribution in [0.4, 0.5) is 0 Å². The van der Waals surface area contributed by atoms with Gasteiger partial charge < -0.3 is 10.2 Å². The van der Waals surface area contributed by atoms with Crippen LogP contribution >= 0.6 is 0 Å². The predicted molar refractivity (Wildman–Crippen MR) is 94.5 cm³/mol. The van der Waals surface area contributed by atoms with Gasteiger partial charge in [0, 0.05) is 19.2 Å². The van der Waals surface area contributed by atoms with Crippen LogP contribution in [0.5, 0.6) is 0 Å². The molecule has 6 nitrogen and oxygen atoms in total. The Morgan fingerprint density at radius 3 is 2.84 bits per heavy atom. The van der Waals surface area contributed by atoms with Gasteiger partial charge in [0.1, 0.15) is 5.82 Å². The topological polar surface area (TPSA) is 67.2 Å². The van der Waals surface area contributed by atoms with Crippen LogP contribution in [0.3, 0.4) is 0 Å². The quantitative estimate of drug-likeness (QED) is 0.897. The van der Waals surface area contributed by atoms with Gasteiger partial charge in [-0.15, -0.1) is 0 Å². The summed E-state index contributed by atoms with van der Waals surface area (Å²) in [7, 11) is 1.72. The summed E-state index contributed by atoms with van der Waals surface area (Å²) in [6, 6.07) is 7.85. The maximum absolute atomic E-state index is 13.1. The Bertz CT molecular complexity index is 897. The number of aromatic nitrogens is 2. The Hall–Kier alpha value is -2.47. The van der Waals surface area contributed by atoms with Crippen molar-refractivity contribution in [1.82, 2.24) is 19.8 Å². The summed E-state index contributed by atoms with van der Waals surface area (Å²) < 4.78 is 1.55. The van der Waals surface area contributed by atoms with Crippen molar-refractivity contribution >= 4 is 5.91 Å². The lowest BCUT2D eigenvalue weighted by molar-refractivity contribution is 0.0748. The first kappa shape index (κ1) is 16.0. The van der Waals surface area contributed by atoms with Gasteiger partial charge in [0.2, 0.25) is 0 Å². The molecule has 3 heterocycles. The maximum atomic E-state index is 13.1. The van der Waals surface area contributed by atoms with Gasteiger partial charge in [-0.3, -0.25) is 14.2 Å². The van der Waals surface area contributed by atoms with Crippen LogP contribution in [-0.4, -0.2) is 33.4 Å². The van der Waals surface area contributed by atoms with Crippen LogP contribution in [0.25, 0.3) is 0 Å². The minimum Gasteiger partial charge on any atom is -0.328 e. The molecule has 25 heavy (non-hydrogen) atoms. The number of fused-ring (bicyclic) bond motifs is 1. The average Bonchev–Trinajstić information content (AvgIpc) is 3.29. The van der Waals surface area contributed by atoms with E-state index in [1.807, 2.05) is 25.1 Å². The second kappa shape index (κ2) is 6.11. The second-order valence-electron chi connectivity index (χ2n) is 6.89. The number of aryl methyl sites for hydroxylation is 1. The first-order valence-corrected chi connectivity index (χ1v) is 8.70. The van der Waals surface area contributed by atoms with Crippen molar-refractivity contribution in [3.8, 4) is 0 Å². The largest absolute Gasteiger partial charge is 0.328 e. The van der Waals surface area contributed by atoms with E-state index in [1.165, 1.54) is 0 Å². The summed E-state index contributed by atoms with van der Waals surface area (Å²) in [5.41, 5.74) is 3.17. The molecule has 0 saturated carbocycles. The minimum absolute atomic E-state index is 0.0137. The Labute approximate surface area is 146 Å². The van der Waals surface area contributed by atoms with Gasteiger partial charge in [-0.1, -0.05) is 18.2 Å². The molecule has 1 amide bonds. The molecular weight excluding hydrogens is 316 g/mol. The molecule has 2 aliphatic heterocycles. The van der Waals surface area contributed by atoms with Crippen LogP contribution in [-0.2, 0) is 20.1 Å². The molecule has 1 fully saturated rings. The number of nitrogens with one attached hydrogen (secondary N) is 1. The molecule has 4 rings (SSSR count). The molecule has 6 heteroatoms. The monoisotopic (exact) mass is 338 g/mol. The van der Waals surface area contributed by atoms with Crippen LogP contribution < -0.4 is 10.9 Å². The molecule has 1 aromatic heterocycles. The first-order chi connectivity index (χ1) is 12.1. The van der Waals surface area contributed by atoms with Gasteiger partial charge in [0.25, 0.3) is 11.5 Å². The zero-order valence-corrected chi connectivity index (χ0v) is 14.6. The van der Waals surface area contributed by atoms with Crippen molar-refractivity contribution in [2.75, 3.05) is 13.1 Å². The molecule has 130 valence electrons.